The number of halogens is 1. The van der Waals surface area contributed by atoms with Gasteiger partial charge in [0, 0.05) is 16.2 Å². The predicted molar refractivity (Wildman–Crippen MR) is 112 cm³/mol. The maximum Gasteiger partial charge on any atom is 0.157 e. The smallest absolute Gasteiger partial charge is 0.157 e. The first-order chi connectivity index (χ1) is 13.6. The summed E-state index contributed by atoms with van der Waals surface area (Å²) in [5.74, 6) is 0.788. The predicted octanol–water partition coefficient (Wildman–Crippen LogP) is 5.51. The second kappa shape index (κ2) is 6.56. The number of pyridine rings is 1. The third-order valence-electron chi connectivity index (χ3n) is 4.98. The van der Waals surface area contributed by atoms with E-state index in [1.54, 1.807) is 12.5 Å². The van der Waals surface area contributed by atoms with Crippen LogP contribution in [-0.2, 0) is 0 Å². The average Bonchev–Trinajstić information content (AvgIpc) is 3.29. The van der Waals surface area contributed by atoms with Crippen LogP contribution in [0.5, 0.6) is 0 Å². The molecule has 28 heavy (non-hydrogen) atoms. The SMILES string of the molecule is Cc1ccoc1-c1ncn2c1[C@H](C)N=C(c1ccccn1)c1cc(Br)ccc1-2. The van der Waals surface area contributed by atoms with Crippen LogP contribution >= 0.6 is 15.9 Å². The minimum atomic E-state index is -0.120. The number of imidazole rings is 1. The van der Waals surface area contributed by atoms with E-state index >= 15 is 0 Å². The summed E-state index contributed by atoms with van der Waals surface area (Å²) in [6, 6.07) is 13.9. The lowest BCUT2D eigenvalue weighted by Gasteiger charge is -2.12. The Balaban J connectivity index is 1.81. The Morgan fingerprint density at radius 3 is 2.75 bits per heavy atom. The summed E-state index contributed by atoms with van der Waals surface area (Å²) in [6.45, 7) is 4.11. The fraction of sp³-hybridized carbons (Fsp3) is 0.136. The molecule has 0 spiro atoms. The zero-order valence-electron chi connectivity index (χ0n) is 15.4. The molecular formula is C22H17BrN4O. The van der Waals surface area contributed by atoms with Gasteiger partial charge in [0.1, 0.15) is 12.0 Å². The monoisotopic (exact) mass is 432 g/mol. The molecule has 4 heterocycles. The third-order valence-corrected chi connectivity index (χ3v) is 5.47. The normalized spacial score (nSPS) is 15.5. The first-order valence-electron chi connectivity index (χ1n) is 9.04. The highest BCUT2D eigenvalue weighted by Crippen LogP contribution is 2.37. The van der Waals surface area contributed by atoms with Crippen LogP contribution in [0.15, 0.2) is 75.1 Å². The van der Waals surface area contributed by atoms with Gasteiger partial charge in [-0.3, -0.25) is 14.5 Å². The van der Waals surface area contributed by atoms with Crippen LogP contribution in [0.25, 0.3) is 17.1 Å². The number of benzene rings is 1. The van der Waals surface area contributed by atoms with Gasteiger partial charge in [-0.1, -0.05) is 22.0 Å². The van der Waals surface area contributed by atoms with Crippen molar-refractivity contribution in [1.82, 2.24) is 14.5 Å². The average molecular weight is 433 g/mol. The Morgan fingerprint density at radius 1 is 1.11 bits per heavy atom. The summed E-state index contributed by atoms with van der Waals surface area (Å²) < 4.78 is 8.85. The molecule has 6 heteroatoms. The van der Waals surface area contributed by atoms with Crippen LogP contribution in [-0.4, -0.2) is 20.2 Å². The van der Waals surface area contributed by atoms with E-state index in [1.165, 1.54) is 0 Å². The summed E-state index contributed by atoms with van der Waals surface area (Å²) >= 11 is 3.60. The molecule has 0 saturated heterocycles. The molecule has 138 valence electrons. The number of aliphatic imine (C=N–C) groups is 1. The molecule has 0 aliphatic carbocycles. The van der Waals surface area contributed by atoms with Crippen molar-refractivity contribution >= 4 is 21.6 Å². The molecule has 0 fully saturated rings. The van der Waals surface area contributed by atoms with Crippen molar-refractivity contribution < 1.29 is 4.42 Å². The van der Waals surface area contributed by atoms with Crippen LogP contribution in [0.1, 0.15) is 35.5 Å². The number of fused-ring (bicyclic) bond motifs is 3. The Bertz CT molecular complexity index is 1210. The van der Waals surface area contributed by atoms with E-state index in [-0.39, 0.29) is 6.04 Å². The van der Waals surface area contributed by atoms with Crippen LogP contribution in [0, 0.1) is 6.92 Å². The fourth-order valence-corrected chi connectivity index (χ4v) is 4.04. The minimum Gasteiger partial charge on any atom is -0.462 e. The topological polar surface area (TPSA) is 56.2 Å². The zero-order chi connectivity index (χ0) is 19.3. The van der Waals surface area contributed by atoms with Crippen LogP contribution in [0.2, 0.25) is 0 Å². The summed E-state index contributed by atoms with van der Waals surface area (Å²) in [4.78, 5) is 14.3. The molecule has 0 bridgehead atoms. The van der Waals surface area contributed by atoms with Gasteiger partial charge in [-0.15, -0.1) is 0 Å². The summed E-state index contributed by atoms with van der Waals surface area (Å²) in [7, 11) is 0. The van der Waals surface area contributed by atoms with Gasteiger partial charge >= 0.3 is 0 Å². The van der Waals surface area contributed by atoms with Gasteiger partial charge in [0.15, 0.2) is 5.76 Å². The van der Waals surface area contributed by atoms with E-state index in [0.29, 0.717) is 0 Å². The number of aryl methyl sites for hydroxylation is 1. The molecule has 5 nitrogen and oxygen atoms in total. The van der Waals surface area contributed by atoms with Crippen LogP contribution in [0.3, 0.4) is 0 Å². The molecule has 0 saturated carbocycles. The fourth-order valence-electron chi connectivity index (χ4n) is 3.68. The van der Waals surface area contributed by atoms with Crippen molar-refractivity contribution in [3.05, 3.63) is 88.2 Å². The van der Waals surface area contributed by atoms with Crippen molar-refractivity contribution in [3.63, 3.8) is 0 Å². The Labute approximate surface area is 170 Å². The van der Waals surface area contributed by atoms with Crippen molar-refractivity contribution in [2.24, 2.45) is 4.99 Å². The van der Waals surface area contributed by atoms with E-state index in [9.17, 15) is 0 Å². The van der Waals surface area contributed by atoms with Crippen molar-refractivity contribution in [1.29, 1.82) is 0 Å². The molecule has 4 aromatic rings. The largest absolute Gasteiger partial charge is 0.462 e. The second-order valence-electron chi connectivity index (χ2n) is 6.81. The van der Waals surface area contributed by atoms with Gasteiger partial charge in [0.05, 0.1) is 35.1 Å². The highest BCUT2D eigenvalue weighted by molar-refractivity contribution is 9.10. The molecule has 5 rings (SSSR count). The quantitative estimate of drug-likeness (QED) is 0.419. The summed E-state index contributed by atoms with van der Waals surface area (Å²) in [5.41, 5.74) is 6.65. The van der Waals surface area contributed by atoms with E-state index in [4.69, 9.17) is 9.41 Å². The molecule has 1 aliphatic rings. The Hall–Kier alpha value is -2.99. The lowest BCUT2D eigenvalue weighted by molar-refractivity contribution is 0.576. The van der Waals surface area contributed by atoms with Gasteiger partial charge in [-0.05, 0) is 55.8 Å². The van der Waals surface area contributed by atoms with E-state index in [1.807, 2.05) is 43.6 Å². The van der Waals surface area contributed by atoms with Gasteiger partial charge in [-0.25, -0.2) is 4.98 Å². The Kier molecular flexibility index (Phi) is 4.02. The summed E-state index contributed by atoms with van der Waals surface area (Å²) in [5, 5.41) is 0. The van der Waals surface area contributed by atoms with Gasteiger partial charge in [0.2, 0.25) is 0 Å². The van der Waals surface area contributed by atoms with Crippen molar-refractivity contribution in [2.75, 3.05) is 0 Å². The van der Waals surface area contributed by atoms with Crippen molar-refractivity contribution in [3.8, 4) is 17.1 Å². The first kappa shape index (κ1) is 17.1. The van der Waals surface area contributed by atoms with Gasteiger partial charge in [0.25, 0.3) is 0 Å². The maximum absolute atomic E-state index is 5.74. The number of aromatic nitrogens is 3. The number of hydrogen-bond donors (Lipinski definition) is 0. The van der Waals surface area contributed by atoms with Gasteiger partial charge in [-0.2, -0.15) is 0 Å². The molecule has 1 aromatic carbocycles. The Morgan fingerprint density at radius 2 is 2.00 bits per heavy atom. The van der Waals surface area contributed by atoms with Crippen LogP contribution in [0.4, 0.5) is 0 Å². The molecule has 1 atom stereocenters. The third kappa shape index (κ3) is 2.64. The second-order valence-corrected chi connectivity index (χ2v) is 7.73. The van der Waals surface area contributed by atoms with E-state index in [0.717, 1.165) is 49.8 Å². The lowest BCUT2D eigenvalue weighted by atomic mass is 10.0. The van der Waals surface area contributed by atoms with Crippen molar-refractivity contribution in [2.45, 2.75) is 19.9 Å². The highest BCUT2D eigenvalue weighted by atomic mass is 79.9. The van der Waals surface area contributed by atoms with Gasteiger partial charge < -0.3 is 4.42 Å². The highest BCUT2D eigenvalue weighted by Gasteiger charge is 2.28. The zero-order valence-corrected chi connectivity index (χ0v) is 17.0. The summed E-state index contributed by atoms with van der Waals surface area (Å²) in [6.07, 6.45) is 5.35. The molecular weight excluding hydrogens is 416 g/mol. The number of nitrogens with zero attached hydrogens (tertiary/aromatic N) is 4. The standard InChI is InChI=1S/C22H17BrN4O/c1-13-8-10-28-22(13)20-21-14(2)26-19(17-5-3-4-9-24-17)16-11-15(23)6-7-18(16)27(21)12-25-20/h3-12,14H,1-2H3/t14-/m0/s1. The molecule has 0 unspecified atom stereocenters. The van der Waals surface area contributed by atoms with E-state index in [2.05, 4.69) is 49.5 Å². The number of hydrogen-bond acceptors (Lipinski definition) is 4. The molecule has 0 amide bonds. The molecule has 1 aliphatic heterocycles. The first-order valence-corrected chi connectivity index (χ1v) is 9.84. The minimum absolute atomic E-state index is 0.120. The molecule has 3 aromatic heterocycles. The molecule has 0 radical (unpaired) electrons. The van der Waals surface area contributed by atoms with Crippen LogP contribution < -0.4 is 0 Å². The number of furan rings is 1. The van der Waals surface area contributed by atoms with E-state index < -0.39 is 0 Å². The molecule has 0 N–H and O–H groups in total. The number of rotatable bonds is 2. The maximum atomic E-state index is 5.74. The lowest BCUT2D eigenvalue weighted by Crippen LogP contribution is -2.08.